The molecular formula is C7H9F3N4O3. The number of nitrogens with zero attached hydrogens (tertiary/aromatic N) is 1. The van der Waals surface area contributed by atoms with E-state index in [1.165, 1.54) is 5.32 Å². The van der Waals surface area contributed by atoms with Crippen LogP contribution in [0.15, 0.2) is 0 Å². The quantitative estimate of drug-likeness (QED) is 0.250. The van der Waals surface area contributed by atoms with E-state index >= 15 is 0 Å². The van der Waals surface area contributed by atoms with Gasteiger partial charge in [0.15, 0.2) is 0 Å². The molecule has 4 N–H and O–H groups in total. The van der Waals surface area contributed by atoms with Crippen LogP contribution < -0.4 is 16.6 Å². The molecule has 0 aromatic rings. The Morgan fingerprint density at radius 3 is 2.41 bits per heavy atom. The first-order valence-electron chi connectivity index (χ1n) is 4.33. The molecule has 0 aliphatic carbocycles. The van der Waals surface area contributed by atoms with Crippen LogP contribution in [0.25, 0.3) is 0 Å². The number of carbonyl (C=O) groups is 3. The minimum absolute atomic E-state index is 0.148. The van der Waals surface area contributed by atoms with Crippen LogP contribution in [0.1, 0.15) is 6.92 Å². The molecule has 0 aromatic heterocycles. The van der Waals surface area contributed by atoms with Gasteiger partial charge in [0.1, 0.15) is 6.54 Å². The summed E-state index contributed by atoms with van der Waals surface area (Å²) < 4.78 is 37.7. The first-order chi connectivity index (χ1) is 7.63. The van der Waals surface area contributed by atoms with Crippen molar-refractivity contribution < 1.29 is 27.6 Å². The maximum atomic E-state index is 12.6. The molecule has 1 fully saturated rings. The molecule has 1 unspecified atom stereocenters. The van der Waals surface area contributed by atoms with E-state index in [9.17, 15) is 27.6 Å². The molecule has 0 spiro atoms. The average Bonchev–Trinajstić information content (AvgIpc) is 2.42. The number of alkyl halides is 3. The Morgan fingerprint density at radius 2 is 2.06 bits per heavy atom. The third-order valence-electron chi connectivity index (χ3n) is 2.30. The van der Waals surface area contributed by atoms with Crippen molar-refractivity contribution in [1.82, 2.24) is 15.6 Å². The zero-order valence-corrected chi connectivity index (χ0v) is 8.59. The van der Waals surface area contributed by atoms with Gasteiger partial charge in [-0.25, -0.2) is 10.6 Å². The van der Waals surface area contributed by atoms with Gasteiger partial charge in [-0.2, -0.15) is 13.2 Å². The van der Waals surface area contributed by atoms with E-state index in [0.29, 0.717) is 6.92 Å². The lowest BCUT2D eigenvalue weighted by molar-refractivity contribution is -0.191. The number of hydrogen-bond donors (Lipinski definition) is 3. The van der Waals surface area contributed by atoms with Crippen molar-refractivity contribution in [3.63, 3.8) is 0 Å². The van der Waals surface area contributed by atoms with Crippen molar-refractivity contribution in [1.29, 1.82) is 0 Å². The SMILES string of the molecule is CC1(C(F)(F)F)NC(=O)N(CC(=O)NN)C1=O. The summed E-state index contributed by atoms with van der Waals surface area (Å²) in [5.74, 6) is 2.20. The number of halogens is 3. The molecule has 4 amide bonds. The molecule has 1 atom stereocenters. The third-order valence-corrected chi connectivity index (χ3v) is 2.30. The minimum Gasteiger partial charge on any atom is -0.316 e. The van der Waals surface area contributed by atoms with Crippen molar-refractivity contribution in [2.75, 3.05) is 6.54 Å². The lowest BCUT2D eigenvalue weighted by Gasteiger charge is -2.24. The van der Waals surface area contributed by atoms with Crippen LogP contribution in [-0.4, -0.2) is 41.0 Å². The van der Waals surface area contributed by atoms with E-state index in [2.05, 4.69) is 0 Å². The number of amides is 4. The Balaban J connectivity index is 2.97. The van der Waals surface area contributed by atoms with E-state index in [1.807, 2.05) is 0 Å². The molecule has 96 valence electrons. The number of nitrogens with two attached hydrogens (primary N) is 1. The molecule has 1 aliphatic heterocycles. The van der Waals surface area contributed by atoms with E-state index in [-0.39, 0.29) is 4.90 Å². The van der Waals surface area contributed by atoms with Crippen LogP contribution in [0.3, 0.4) is 0 Å². The number of imide groups is 1. The minimum atomic E-state index is -4.95. The van der Waals surface area contributed by atoms with Crippen molar-refractivity contribution >= 4 is 17.8 Å². The van der Waals surface area contributed by atoms with Gasteiger partial charge in [0.2, 0.25) is 5.54 Å². The first kappa shape index (κ1) is 13.2. The molecule has 0 saturated carbocycles. The molecule has 1 aliphatic rings. The van der Waals surface area contributed by atoms with Gasteiger partial charge >= 0.3 is 12.2 Å². The van der Waals surface area contributed by atoms with Crippen molar-refractivity contribution in [2.24, 2.45) is 5.84 Å². The molecule has 0 bridgehead atoms. The van der Waals surface area contributed by atoms with Crippen LogP contribution in [0.2, 0.25) is 0 Å². The van der Waals surface area contributed by atoms with Crippen molar-refractivity contribution in [3.8, 4) is 0 Å². The highest BCUT2D eigenvalue weighted by atomic mass is 19.4. The fourth-order valence-electron chi connectivity index (χ4n) is 1.22. The zero-order chi connectivity index (χ0) is 13.4. The molecular weight excluding hydrogens is 245 g/mol. The Kier molecular flexibility index (Phi) is 3.01. The highest BCUT2D eigenvalue weighted by Gasteiger charge is 2.64. The lowest BCUT2D eigenvalue weighted by Crippen LogP contribution is -2.56. The van der Waals surface area contributed by atoms with Gasteiger partial charge in [0.05, 0.1) is 0 Å². The molecule has 1 saturated heterocycles. The summed E-state index contributed by atoms with van der Waals surface area (Å²) in [4.78, 5) is 33.6. The maximum absolute atomic E-state index is 12.6. The normalized spacial score (nSPS) is 24.9. The number of hydrogen-bond acceptors (Lipinski definition) is 4. The van der Waals surface area contributed by atoms with E-state index in [0.717, 1.165) is 0 Å². The van der Waals surface area contributed by atoms with Gasteiger partial charge < -0.3 is 5.32 Å². The van der Waals surface area contributed by atoms with Gasteiger partial charge in [-0.15, -0.1) is 0 Å². The van der Waals surface area contributed by atoms with Gasteiger partial charge in [0, 0.05) is 0 Å². The Bertz CT molecular complexity index is 383. The number of carbonyl (C=O) groups excluding carboxylic acids is 3. The van der Waals surface area contributed by atoms with Gasteiger partial charge in [-0.1, -0.05) is 0 Å². The van der Waals surface area contributed by atoms with Crippen LogP contribution >= 0.6 is 0 Å². The fourth-order valence-corrected chi connectivity index (χ4v) is 1.22. The molecule has 1 heterocycles. The third kappa shape index (κ3) is 2.02. The maximum Gasteiger partial charge on any atom is 0.420 e. The predicted octanol–water partition coefficient (Wildman–Crippen LogP) is -1.15. The largest absolute Gasteiger partial charge is 0.420 e. The molecule has 17 heavy (non-hydrogen) atoms. The molecule has 1 rings (SSSR count). The second kappa shape index (κ2) is 3.87. The average molecular weight is 254 g/mol. The molecule has 0 aromatic carbocycles. The Morgan fingerprint density at radius 1 is 1.53 bits per heavy atom. The zero-order valence-electron chi connectivity index (χ0n) is 8.59. The van der Waals surface area contributed by atoms with Crippen LogP contribution in [0, 0.1) is 0 Å². The molecule has 7 nitrogen and oxygen atoms in total. The summed E-state index contributed by atoms with van der Waals surface area (Å²) in [7, 11) is 0. The standard InChI is InChI=1S/C7H9F3N4O3/c1-6(7(8,9)10)4(16)14(5(17)12-6)2-3(15)13-11/h2,11H2,1H3,(H,12,17)(H,13,15). The highest BCUT2D eigenvalue weighted by Crippen LogP contribution is 2.34. The molecule has 0 radical (unpaired) electrons. The topological polar surface area (TPSA) is 105 Å². The Hall–Kier alpha value is -1.84. The fraction of sp³-hybridized carbons (Fsp3) is 0.571. The van der Waals surface area contributed by atoms with Gasteiger partial charge in [-0.05, 0) is 6.92 Å². The van der Waals surface area contributed by atoms with Crippen LogP contribution in [0.4, 0.5) is 18.0 Å². The van der Waals surface area contributed by atoms with Gasteiger partial charge in [0.25, 0.3) is 11.8 Å². The summed E-state index contributed by atoms with van der Waals surface area (Å²) >= 11 is 0. The summed E-state index contributed by atoms with van der Waals surface area (Å²) in [5.41, 5.74) is -1.41. The smallest absolute Gasteiger partial charge is 0.316 e. The monoisotopic (exact) mass is 254 g/mol. The van der Waals surface area contributed by atoms with Crippen molar-refractivity contribution in [2.45, 2.75) is 18.6 Å². The van der Waals surface area contributed by atoms with E-state index in [1.54, 1.807) is 5.43 Å². The van der Waals surface area contributed by atoms with Crippen LogP contribution in [0.5, 0.6) is 0 Å². The first-order valence-corrected chi connectivity index (χ1v) is 4.33. The Labute approximate surface area is 93.1 Å². The number of hydrazine groups is 1. The summed E-state index contributed by atoms with van der Waals surface area (Å²) in [6.45, 7) is -0.347. The van der Waals surface area contributed by atoms with Crippen LogP contribution in [-0.2, 0) is 9.59 Å². The lowest BCUT2D eigenvalue weighted by atomic mass is 10.0. The van der Waals surface area contributed by atoms with E-state index in [4.69, 9.17) is 5.84 Å². The number of urea groups is 1. The van der Waals surface area contributed by atoms with Crippen molar-refractivity contribution in [3.05, 3.63) is 0 Å². The number of rotatable bonds is 2. The summed E-state index contributed by atoms with van der Waals surface area (Å²) in [5, 5.41) is 1.49. The predicted molar refractivity (Wildman–Crippen MR) is 47.0 cm³/mol. The molecule has 10 heteroatoms. The van der Waals surface area contributed by atoms with Gasteiger partial charge in [-0.3, -0.25) is 19.9 Å². The second-order valence-electron chi connectivity index (χ2n) is 3.51. The second-order valence-corrected chi connectivity index (χ2v) is 3.51. The van der Waals surface area contributed by atoms with E-state index < -0.39 is 36.1 Å². The summed E-state index contributed by atoms with van der Waals surface area (Å²) in [6, 6.07) is -1.29. The number of nitrogens with one attached hydrogen (secondary N) is 2. The highest BCUT2D eigenvalue weighted by molar-refractivity contribution is 6.09. The summed E-state index contributed by atoms with van der Waals surface area (Å²) in [6.07, 6.45) is -4.95.